The summed E-state index contributed by atoms with van der Waals surface area (Å²) in [5.41, 5.74) is 3.31. The summed E-state index contributed by atoms with van der Waals surface area (Å²) in [5, 5.41) is 7.68. The molecule has 0 saturated carbocycles. The van der Waals surface area contributed by atoms with Gasteiger partial charge >= 0.3 is 0 Å². The zero-order valence-corrected chi connectivity index (χ0v) is 16.7. The Bertz CT molecular complexity index is 917. The summed E-state index contributed by atoms with van der Waals surface area (Å²) in [4.78, 5) is 9.70. The van der Waals surface area contributed by atoms with Gasteiger partial charge in [-0.2, -0.15) is 0 Å². The lowest BCUT2D eigenvalue weighted by Crippen LogP contribution is -2.42. The van der Waals surface area contributed by atoms with Crippen LogP contribution in [-0.2, 0) is 6.42 Å². The molecule has 0 aliphatic rings. The van der Waals surface area contributed by atoms with Gasteiger partial charge in [0.1, 0.15) is 5.82 Å². The summed E-state index contributed by atoms with van der Waals surface area (Å²) >= 11 is 0. The fourth-order valence-electron chi connectivity index (χ4n) is 3.36. The fourth-order valence-corrected chi connectivity index (χ4v) is 3.36. The van der Waals surface area contributed by atoms with Gasteiger partial charge in [0.15, 0.2) is 5.96 Å². The van der Waals surface area contributed by atoms with E-state index in [4.69, 9.17) is 0 Å². The first-order valence-electron chi connectivity index (χ1n) is 9.50. The van der Waals surface area contributed by atoms with Crippen LogP contribution >= 0.6 is 0 Å². The highest BCUT2D eigenvalue weighted by molar-refractivity contribution is 5.83. The van der Waals surface area contributed by atoms with Crippen LogP contribution in [0.1, 0.15) is 17.2 Å². The van der Waals surface area contributed by atoms with Crippen molar-refractivity contribution in [2.24, 2.45) is 4.99 Å². The zero-order chi connectivity index (χ0) is 19.9. The smallest absolute Gasteiger partial charge is 0.191 e. The highest BCUT2D eigenvalue weighted by atomic mass is 19.1. The van der Waals surface area contributed by atoms with Gasteiger partial charge in [-0.3, -0.25) is 4.99 Å². The second-order valence-corrected chi connectivity index (χ2v) is 7.02. The number of hydrogen-bond donors (Lipinski definition) is 3. The molecule has 0 fully saturated rings. The van der Waals surface area contributed by atoms with Crippen molar-refractivity contribution in [3.63, 3.8) is 0 Å². The molecule has 0 amide bonds. The molecule has 3 rings (SSSR count). The predicted octanol–water partition coefficient (Wildman–Crippen LogP) is 3.32. The summed E-state index contributed by atoms with van der Waals surface area (Å²) in [6, 6.07) is 15.5. The van der Waals surface area contributed by atoms with Gasteiger partial charge in [0, 0.05) is 37.2 Å². The van der Waals surface area contributed by atoms with E-state index in [1.165, 1.54) is 11.6 Å². The molecular formula is C22H28FN5. The third-order valence-electron chi connectivity index (χ3n) is 4.91. The molecule has 3 aromatic rings. The van der Waals surface area contributed by atoms with Crippen molar-refractivity contribution in [2.45, 2.75) is 12.5 Å². The number of halogens is 1. The van der Waals surface area contributed by atoms with Crippen LogP contribution in [-0.4, -0.2) is 50.1 Å². The molecular weight excluding hydrogens is 353 g/mol. The van der Waals surface area contributed by atoms with Crippen molar-refractivity contribution in [1.82, 2.24) is 20.5 Å². The molecule has 6 heteroatoms. The molecule has 0 aliphatic heterocycles. The number of nitrogens with one attached hydrogen (secondary N) is 3. The van der Waals surface area contributed by atoms with Crippen LogP contribution in [0.2, 0.25) is 0 Å². The van der Waals surface area contributed by atoms with E-state index in [0.717, 1.165) is 35.4 Å². The Balaban J connectivity index is 1.55. The quantitative estimate of drug-likeness (QED) is 0.435. The average Bonchev–Trinajstić information content (AvgIpc) is 3.09. The minimum absolute atomic E-state index is 0.213. The molecule has 0 radical (unpaired) electrons. The first-order valence-corrected chi connectivity index (χ1v) is 9.50. The molecule has 0 aliphatic carbocycles. The number of likely N-dealkylation sites (N-methyl/N-ethyl adjacent to an activating group) is 1. The van der Waals surface area contributed by atoms with Crippen LogP contribution in [0.15, 0.2) is 59.7 Å². The van der Waals surface area contributed by atoms with E-state index in [9.17, 15) is 4.39 Å². The van der Waals surface area contributed by atoms with Crippen LogP contribution in [0.3, 0.4) is 0 Å². The summed E-state index contributed by atoms with van der Waals surface area (Å²) in [5.74, 6) is 0.545. The number of aromatic amines is 1. The molecule has 1 aromatic heterocycles. The predicted molar refractivity (Wildman–Crippen MR) is 114 cm³/mol. The van der Waals surface area contributed by atoms with Crippen molar-refractivity contribution in [3.8, 4) is 0 Å². The number of fused-ring (bicyclic) bond motifs is 1. The topological polar surface area (TPSA) is 55.5 Å². The van der Waals surface area contributed by atoms with Crippen molar-refractivity contribution < 1.29 is 4.39 Å². The van der Waals surface area contributed by atoms with Crippen molar-refractivity contribution in [1.29, 1.82) is 0 Å². The molecule has 2 aromatic carbocycles. The number of nitrogens with zero attached hydrogens (tertiary/aromatic N) is 2. The van der Waals surface area contributed by atoms with Crippen molar-refractivity contribution in [2.75, 3.05) is 34.2 Å². The van der Waals surface area contributed by atoms with E-state index in [0.29, 0.717) is 6.54 Å². The SMILES string of the molecule is CN=C(NCCc1c[nH]c2ccc(F)cc12)NCC(c1ccccc1)N(C)C. The van der Waals surface area contributed by atoms with E-state index in [-0.39, 0.29) is 11.9 Å². The lowest BCUT2D eigenvalue weighted by Gasteiger charge is -2.26. The monoisotopic (exact) mass is 381 g/mol. The molecule has 1 unspecified atom stereocenters. The maximum absolute atomic E-state index is 13.5. The zero-order valence-electron chi connectivity index (χ0n) is 16.7. The van der Waals surface area contributed by atoms with Gasteiger partial charge in [0.05, 0.1) is 6.04 Å². The van der Waals surface area contributed by atoms with Crippen LogP contribution in [0, 0.1) is 5.82 Å². The van der Waals surface area contributed by atoms with Crippen LogP contribution in [0.25, 0.3) is 10.9 Å². The molecule has 3 N–H and O–H groups in total. The second kappa shape index (κ2) is 9.37. The second-order valence-electron chi connectivity index (χ2n) is 7.02. The third-order valence-corrected chi connectivity index (χ3v) is 4.91. The Hall–Kier alpha value is -2.86. The number of H-pyrrole nitrogens is 1. The van der Waals surface area contributed by atoms with Gasteiger partial charge in [-0.15, -0.1) is 0 Å². The molecule has 1 heterocycles. The Morgan fingerprint density at radius 1 is 1.14 bits per heavy atom. The summed E-state index contributed by atoms with van der Waals surface area (Å²) in [6.45, 7) is 1.45. The molecule has 1 atom stereocenters. The summed E-state index contributed by atoms with van der Waals surface area (Å²) < 4.78 is 13.5. The highest BCUT2D eigenvalue weighted by Gasteiger charge is 2.14. The Labute approximate surface area is 165 Å². The van der Waals surface area contributed by atoms with E-state index in [1.807, 2.05) is 12.3 Å². The van der Waals surface area contributed by atoms with Crippen molar-refractivity contribution in [3.05, 3.63) is 71.7 Å². The third kappa shape index (κ3) is 4.89. The number of rotatable bonds is 7. The van der Waals surface area contributed by atoms with Gasteiger partial charge in [-0.25, -0.2) is 4.39 Å². The van der Waals surface area contributed by atoms with E-state index in [1.54, 1.807) is 19.2 Å². The lowest BCUT2D eigenvalue weighted by atomic mass is 10.1. The summed E-state index contributed by atoms with van der Waals surface area (Å²) in [6.07, 6.45) is 2.72. The Kier molecular flexibility index (Phi) is 6.66. The largest absolute Gasteiger partial charge is 0.361 e. The van der Waals surface area contributed by atoms with E-state index >= 15 is 0 Å². The molecule has 0 bridgehead atoms. The average molecular weight is 381 g/mol. The Morgan fingerprint density at radius 3 is 2.64 bits per heavy atom. The van der Waals surface area contributed by atoms with E-state index in [2.05, 4.69) is 63.9 Å². The first kappa shape index (κ1) is 19.9. The van der Waals surface area contributed by atoms with Crippen molar-refractivity contribution >= 4 is 16.9 Å². The molecule has 148 valence electrons. The van der Waals surface area contributed by atoms with Gasteiger partial charge in [-0.05, 0) is 49.8 Å². The molecule has 0 saturated heterocycles. The fraction of sp³-hybridized carbons (Fsp3) is 0.318. The highest BCUT2D eigenvalue weighted by Crippen LogP contribution is 2.19. The Morgan fingerprint density at radius 2 is 1.93 bits per heavy atom. The number of hydrogen-bond acceptors (Lipinski definition) is 2. The van der Waals surface area contributed by atoms with Gasteiger partial charge in [0.2, 0.25) is 0 Å². The minimum Gasteiger partial charge on any atom is -0.361 e. The van der Waals surface area contributed by atoms with Crippen LogP contribution in [0.5, 0.6) is 0 Å². The van der Waals surface area contributed by atoms with E-state index < -0.39 is 0 Å². The van der Waals surface area contributed by atoms with Gasteiger partial charge in [0.25, 0.3) is 0 Å². The maximum Gasteiger partial charge on any atom is 0.191 e. The van der Waals surface area contributed by atoms with Gasteiger partial charge in [-0.1, -0.05) is 30.3 Å². The number of aromatic nitrogens is 1. The number of guanidine groups is 1. The lowest BCUT2D eigenvalue weighted by molar-refractivity contribution is 0.298. The maximum atomic E-state index is 13.5. The normalized spacial score (nSPS) is 13.1. The van der Waals surface area contributed by atoms with Crippen LogP contribution < -0.4 is 10.6 Å². The standard InChI is InChI=1S/C22H28FN5/c1-24-22(27-15-21(28(2)3)16-7-5-4-6-8-16)25-12-11-17-14-26-20-10-9-18(23)13-19(17)20/h4-10,13-14,21,26H,11-12,15H2,1-3H3,(H2,24,25,27). The molecule has 0 spiro atoms. The van der Waals surface area contributed by atoms with Gasteiger partial charge < -0.3 is 20.5 Å². The number of aliphatic imine (C=N–C) groups is 1. The number of benzene rings is 2. The van der Waals surface area contributed by atoms with Crippen LogP contribution in [0.4, 0.5) is 4.39 Å². The first-order chi connectivity index (χ1) is 13.6. The molecule has 28 heavy (non-hydrogen) atoms. The summed E-state index contributed by atoms with van der Waals surface area (Å²) in [7, 11) is 5.92. The minimum atomic E-state index is -0.213. The molecule has 5 nitrogen and oxygen atoms in total.